The van der Waals surface area contributed by atoms with E-state index in [0.717, 1.165) is 18.3 Å². The summed E-state index contributed by atoms with van der Waals surface area (Å²) in [6.45, 7) is 0.801. The Morgan fingerprint density at radius 1 is 1.80 bits per heavy atom. The van der Waals surface area contributed by atoms with E-state index in [0.29, 0.717) is 0 Å². The van der Waals surface area contributed by atoms with E-state index in [4.69, 9.17) is 0 Å². The highest BCUT2D eigenvalue weighted by atomic mass is 15.4. The average Bonchev–Trinajstić information content (AvgIpc) is 2.42. The lowest BCUT2D eigenvalue weighted by Crippen LogP contribution is -2.25. The van der Waals surface area contributed by atoms with E-state index in [1.165, 1.54) is 0 Å². The monoisotopic (exact) mass is 136 g/mol. The van der Waals surface area contributed by atoms with Crippen LogP contribution in [-0.2, 0) is 0 Å². The molecule has 0 amide bonds. The largest absolute Gasteiger partial charge is 0.331 e. The number of nitrogens with zero attached hydrogens (tertiary/aromatic N) is 3. The molecule has 0 saturated carbocycles. The first-order valence-corrected chi connectivity index (χ1v) is 3.14. The van der Waals surface area contributed by atoms with Gasteiger partial charge in [-0.15, -0.1) is 0 Å². The fourth-order valence-electron chi connectivity index (χ4n) is 1.01. The third-order valence-corrected chi connectivity index (χ3v) is 1.54. The number of amidine groups is 1. The third kappa shape index (κ3) is 0.618. The van der Waals surface area contributed by atoms with Crippen molar-refractivity contribution >= 4 is 11.8 Å². The summed E-state index contributed by atoms with van der Waals surface area (Å²) in [5.74, 6) is 1.77. The van der Waals surface area contributed by atoms with Crippen LogP contribution in [0.25, 0.3) is 0 Å². The predicted octanol–water partition coefficient (Wildman–Crippen LogP) is -0.239. The van der Waals surface area contributed by atoms with E-state index in [1.54, 1.807) is 7.05 Å². The second kappa shape index (κ2) is 1.83. The first-order chi connectivity index (χ1) is 4.90. The van der Waals surface area contributed by atoms with Gasteiger partial charge in [0, 0.05) is 19.4 Å². The Morgan fingerprint density at radius 3 is 3.40 bits per heavy atom. The molecule has 0 saturated heterocycles. The molecule has 0 bridgehead atoms. The van der Waals surface area contributed by atoms with E-state index >= 15 is 0 Å². The van der Waals surface area contributed by atoms with Crippen molar-refractivity contribution in [2.24, 2.45) is 9.98 Å². The lowest BCUT2D eigenvalue weighted by Gasteiger charge is -2.04. The molecule has 2 aliphatic heterocycles. The van der Waals surface area contributed by atoms with Crippen LogP contribution in [0.5, 0.6) is 0 Å². The Kier molecular flexibility index (Phi) is 1.00. The molecule has 2 aliphatic rings. The summed E-state index contributed by atoms with van der Waals surface area (Å²) in [6, 6.07) is 0. The Morgan fingerprint density at radius 2 is 2.70 bits per heavy atom. The van der Waals surface area contributed by atoms with Crippen LogP contribution in [0.1, 0.15) is 0 Å². The molecular weight excluding hydrogens is 128 g/mol. The number of nitrogens with one attached hydrogen (secondary N) is 1. The van der Waals surface area contributed by atoms with Crippen LogP contribution in [0.2, 0.25) is 0 Å². The van der Waals surface area contributed by atoms with E-state index in [9.17, 15) is 0 Å². The second-order valence-corrected chi connectivity index (χ2v) is 2.16. The second-order valence-electron chi connectivity index (χ2n) is 2.16. The molecule has 52 valence electrons. The average molecular weight is 136 g/mol. The van der Waals surface area contributed by atoms with Gasteiger partial charge in [0.2, 0.25) is 5.96 Å². The molecular formula is C6H8N4. The number of guanidine groups is 1. The van der Waals surface area contributed by atoms with Gasteiger partial charge in [0.25, 0.3) is 0 Å². The van der Waals surface area contributed by atoms with Gasteiger partial charge in [-0.3, -0.25) is 4.99 Å². The zero-order chi connectivity index (χ0) is 6.97. The molecule has 0 unspecified atom stereocenters. The number of fused-ring (bicyclic) bond motifs is 1. The lowest BCUT2D eigenvalue weighted by molar-refractivity contribution is 0.667. The fraction of sp³-hybridized carbons (Fsp3) is 0.333. The summed E-state index contributed by atoms with van der Waals surface area (Å²) in [5.41, 5.74) is 0. The van der Waals surface area contributed by atoms with Gasteiger partial charge in [0.1, 0.15) is 5.84 Å². The van der Waals surface area contributed by atoms with Crippen molar-refractivity contribution < 1.29 is 0 Å². The summed E-state index contributed by atoms with van der Waals surface area (Å²) in [4.78, 5) is 10.2. The molecule has 0 aromatic carbocycles. The number of hydrogen-bond donors (Lipinski definition) is 1. The van der Waals surface area contributed by atoms with E-state index in [1.807, 2.05) is 17.3 Å². The zero-order valence-corrected chi connectivity index (χ0v) is 5.70. The van der Waals surface area contributed by atoms with Crippen molar-refractivity contribution in [1.82, 2.24) is 10.2 Å². The van der Waals surface area contributed by atoms with Crippen LogP contribution < -0.4 is 5.32 Å². The summed E-state index contributed by atoms with van der Waals surface area (Å²) in [7, 11) is 1.76. The minimum absolute atomic E-state index is 0.801. The number of hydrogen-bond acceptors (Lipinski definition) is 3. The van der Waals surface area contributed by atoms with Gasteiger partial charge in [0.15, 0.2) is 0 Å². The highest BCUT2D eigenvalue weighted by molar-refractivity contribution is 6.05. The molecule has 4 nitrogen and oxygen atoms in total. The first-order valence-electron chi connectivity index (χ1n) is 3.14. The molecule has 10 heavy (non-hydrogen) atoms. The van der Waals surface area contributed by atoms with Gasteiger partial charge in [-0.1, -0.05) is 0 Å². The van der Waals surface area contributed by atoms with Gasteiger partial charge in [-0.25, -0.2) is 0 Å². The SMILES string of the molecule is C/N=C1\CN2C=CNC2=N1. The van der Waals surface area contributed by atoms with Crippen LogP contribution in [0, 0.1) is 0 Å². The number of rotatable bonds is 0. The van der Waals surface area contributed by atoms with Crippen molar-refractivity contribution in [3.05, 3.63) is 12.4 Å². The molecule has 0 fully saturated rings. The summed E-state index contributed by atoms with van der Waals surface area (Å²) >= 11 is 0. The molecule has 2 rings (SSSR count). The van der Waals surface area contributed by atoms with Crippen molar-refractivity contribution in [3.8, 4) is 0 Å². The first kappa shape index (κ1) is 5.46. The van der Waals surface area contributed by atoms with Gasteiger partial charge in [0.05, 0.1) is 6.54 Å². The maximum Gasteiger partial charge on any atom is 0.209 e. The van der Waals surface area contributed by atoms with E-state index in [2.05, 4.69) is 15.3 Å². The van der Waals surface area contributed by atoms with Crippen molar-refractivity contribution in [2.45, 2.75) is 0 Å². The lowest BCUT2D eigenvalue weighted by atomic mass is 10.6. The van der Waals surface area contributed by atoms with Crippen LogP contribution in [0.15, 0.2) is 22.4 Å². The molecule has 2 heterocycles. The zero-order valence-electron chi connectivity index (χ0n) is 5.70. The van der Waals surface area contributed by atoms with Crippen LogP contribution >= 0.6 is 0 Å². The molecule has 0 aromatic rings. The fourth-order valence-corrected chi connectivity index (χ4v) is 1.01. The van der Waals surface area contributed by atoms with E-state index in [-0.39, 0.29) is 0 Å². The van der Waals surface area contributed by atoms with Crippen molar-refractivity contribution in [1.29, 1.82) is 0 Å². The maximum atomic E-state index is 4.19. The predicted molar refractivity (Wildman–Crippen MR) is 39.8 cm³/mol. The Labute approximate surface area is 59.0 Å². The normalized spacial score (nSPS) is 25.1. The summed E-state index contributed by atoms with van der Waals surface area (Å²) in [5, 5.41) is 3.00. The molecule has 1 N–H and O–H groups in total. The van der Waals surface area contributed by atoms with Gasteiger partial charge in [-0.05, 0) is 0 Å². The highest BCUT2D eigenvalue weighted by Gasteiger charge is 2.21. The summed E-state index contributed by atoms with van der Waals surface area (Å²) in [6.07, 6.45) is 3.82. The molecule has 4 heteroatoms. The van der Waals surface area contributed by atoms with Gasteiger partial charge >= 0.3 is 0 Å². The third-order valence-electron chi connectivity index (χ3n) is 1.54. The Bertz CT molecular complexity index is 238. The Balaban J connectivity index is 2.27. The molecule has 0 aromatic heterocycles. The Hall–Kier alpha value is -1.32. The quantitative estimate of drug-likeness (QED) is 0.499. The van der Waals surface area contributed by atoms with Crippen LogP contribution in [0.4, 0.5) is 0 Å². The van der Waals surface area contributed by atoms with Crippen molar-refractivity contribution in [2.75, 3.05) is 13.6 Å². The summed E-state index contributed by atoms with van der Waals surface area (Å²) < 4.78 is 0. The van der Waals surface area contributed by atoms with Crippen LogP contribution in [0.3, 0.4) is 0 Å². The minimum atomic E-state index is 0.801. The molecule has 0 atom stereocenters. The molecule has 0 radical (unpaired) electrons. The highest BCUT2D eigenvalue weighted by Crippen LogP contribution is 2.06. The topological polar surface area (TPSA) is 40.0 Å². The smallest absolute Gasteiger partial charge is 0.209 e. The maximum absolute atomic E-state index is 4.19. The van der Waals surface area contributed by atoms with Crippen LogP contribution in [-0.4, -0.2) is 30.3 Å². The van der Waals surface area contributed by atoms with Gasteiger partial charge < -0.3 is 10.2 Å². The van der Waals surface area contributed by atoms with Crippen molar-refractivity contribution in [3.63, 3.8) is 0 Å². The minimum Gasteiger partial charge on any atom is -0.331 e. The molecule has 0 spiro atoms. The molecule has 0 aliphatic carbocycles. The van der Waals surface area contributed by atoms with E-state index < -0.39 is 0 Å². The standard InChI is InChI=1S/C6H8N4/c1-7-5-4-10-3-2-8-6(10)9-5/h2-3H,4H2,1H3,(H,7,8,9). The number of aliphatic imine (C=N–C) groups is 2. The van der Waals surface area contributed by atoms with Gasteiger partial charge in [-0.2, -0.15) is 4.99 Å².